The molecule has 2 rings (SSSR count). The summed E-state index contributed by atoms with van der Waals surface area (Å²) >= 11 is 4.74. The predicted octanol–water partition coefficient (Wildman–Crippen LogP) is 3.94. The van der Waals surface area contributed by atoms with E-state index < -0.39 is 0 Å². The largest absolute Gasteiger partial charge is 0.486 e. The highest BCUT2D eigenvalue weighted by molar-refractivity contribution is 8.66. The highest BCUT2D eigenvalue weighted by Gasteiger charge is 2.16. The van der Waals surface area contributed by atoms with Crippen LogP contribution in [-0.2, 0) is 0 Å². The summed E-state index contributed by atoms with van der Waals surface area (Å²) < 4.78 is 24.6. The molecule has 0 radical (unpaired) electrons. The number of aryl methyl sites for hydroxylation is 1. The van der Waals surface area contributed by atoms with E-state index in [4.69, 9.17) is 8.92 Å². The van der Waals surface area contributed by atoms with E-state index in [1.165, 1.54) is 12.4 Å². The second kappa shape index (κ2) is 7.37. The number of benzene rings is 1. The van der Waals surface area contributed by atoms with Gasteiger partial charge in [0.05, 0.1) is 12.3 Å². The second-order valence-corrected chi connectivity index (χ2v) is 4.82. The fourth-order valence-corrected chi connectivity index (χ4v) is 2.07. The highest BCUT2D eigenvalue weighted by Crippen LogP contribution is 2.35. The fraction of sp³-hybridized carbons (Fsp3) is 0.231. The molecule has 8 heteroatoms. The van der Waals surface area contributed by atoms with Crippen molar-refractivity contribution in [2.24, 2.45) is 0 Å². The van der Waals surface area contributed by atoms with Crippen LogP contribution in [0, 0.1) is 12.7 Å². The molecule has 1 aromatic carbocycles. The van der Waals surface area contributed by atoms with E-state index >= 15 is 0 Å². The topological polar surface area (TPSA) is 56.3 Å². The molecule has 1 aromatic heterocycles. The van der Waals surface area contributed by atoms with Gasteiger partial charge >= 0.3 is 0 Å². The number of anilines is 2. The summed E-state index contributed by atoms with van der Waals surface area (Å²) in [5.41, 5.74) is 1.13. The SMILES string of the molecule is CCOc1c(Nc2ccc(C)cc2F)ncnc1OSS. The van der Waals surface area contributed by atoms with E-state index in [9.17, 15) is 4.39 Å². The number of aromatic nitrogens is 2. The van der Waals surface area contributed by atoms with Crippen molar-refractivity contribution >= 4 is 34.2 Å². The number of thiol groups is 1. The number of hydrogen-bond donors (Lipinski definition) is 2. The number of halogens is 1. The number of ether oxygens (including phenoxy) is 1. The Labute approximate surface area is 131 Å². The van der Waals surface area contributed by atoms with E-state index in [1.807, 2.05) is 13.8 Å². The van der Waals surface area contributed by atoms with Crippen molar-refractivity contribution in [2.75, 3.05) is 11.9 Å². The lowest BCUT2D eigenvalue weighted by atomic mass is 10.2. The van der Waals surface area contributed by atoms with Gasteiger partial charge in [-0.3, -0.25) is 0 Å². The van der Waals surface area contributed by atoms with Crippen molar-refractivity contribution in [1.82, 2.24) is 9.97 Å². The molecule has 0 aliphatic heterocycles. The van der Waals surface area contributed by atoms with Crippen LogP contribution < -0.4 is 14.2 Å². The molecule has 112 valence electrons. The van der Waals surface area contributed by atoms with Crippen LogP contribution in [-0.4, -0.2) is 16.6 Å². The summed E-state index contributed by atoms with van der Waals surface area (Å²) in [4.78, 5) is 8.03. The monoisotopic (exact) mass is 327 g/mol. The van der Waals surface area contributed by atoms with Gasteiger partial charge in [-0.15, -0.1) is 0 Å². The molecule has 0 amide bonds. The van der Waals surface area contributed by atoms with Crippen molar-refractivity contribution in [3.63, 3.8) is 0 Å². The van der Waals surface area contributed by atoms with Crippen LogP contribution in [0.3, 0.4) is 0 Å². The molecule has 1 heterocycles. The first-order chi connectivity index (χ1) is 10.2. The van der Waals surface area contributed by atoms with Gasteiger partial charge in [-0.2, -0.15) is 4.98 Å². The summed E-state index contributed by atoms with van der Waals surface area (Å²) in [7, 11) is 0. The van der Waals surface area contributed by atoms with Gasteiger partial charge < -0.3 is 14.2 Å². The Morgan fingerprint density at radius 3 is 2.86 bits per heavy atom. The third-order valence-electron chi connectivity index (χ3n) is 2.55. The van der Waals surface area contributed by atoms with Crippen LogP contribution in [0.5, 0.6) is 11.6 Å². The van der Waals surface area contributed by atoms with E-state index in [0.29, 0.717) is 23.9 Å². The van der Waals surface area contributed by atoms with Crippen LogP contribution in [0.1, 0.15) is 12.5 Å². The van der Waals surface area contributed by atoms with Gasteiger partial charge in [-0.1, -0.05) is 17.7 Å². The molecule has 0 aliphatic rings. The van der Waals surface area contributed by atoms with Crippen LogP contribution >= 0.6 is 22.7 Å². The molecule has 0 spiro atoms. The van der Waals surface area contributed by atoms with Crippen molar-refractivity contribution in [3.05, 3.63) is 35.9 Å². The van der Waals surface area contributed by atoms with Gasteiger partial charge in [0.15, 0.2) is 5.82 Å². The first-order valence-electron chi connectivity index (χ1n) is 6.14. The summed E-state index contributed by atoms with van der Waals surface area (Å²) in [6.45, 7) is 4.03. The van der Waals surface area contributed by atoms with Gasteiger partial charge in [0, 0.05) is 0 Å². The van der Waals surface area contributed by atoms with Crippen LogP contribution in [0.15, 0.2) is 24.5 Å². The molecule has 0 saturated heterocycles. The smallest absolute Gasteiger partial charge is 0.276 e. The maximum absolute atomic E-state index is 13.9. The number of nitrogens with zero attached hydrogens (tertiary/aromatic N) is 2. The molecule has 0 fully saturated rings. The second-order valence-electron chi connectivity index (χ2n) is 4.06. The molecule has 0 aliphatic carbocycles. The van der Waals surface area contributed by atoms with Gasteiger partial charge in [-0.05, 0) is 31.5 Å². The van der Waals surface area contributed by atoms with Crippen molar-refractivity contribution in [1.29, 1.82) is 0 Å². The Morgan fingerprint density at radius 1 is 1.38 bits per heavy atom. The molecule has 0 bridgehead atoms. The molecule has 5 nitrogen and oxygen atoms in total. The summed E-state index contributed by atoms with van der Waals surface area (Å²) in [6, 6.07) is 4.87. The summed E-state index contributed by atoms with van der Waals surface area (Å²) in [6.07, 6.45) is 1.30. The average molecular weight is 327 g/mol. The molecule has 0 unspecified atom stereocenters. The van der Waals surface area contributed by atoms with Crippen molar-refractivity contribution in [2.45, 2.75) is 13.8 Å². The van der Waals surface area contributed by atoms with Crippen molar-refractivity contribution in [3.8, 4) is 11.6 Å². The predicted molar refractivity (Wildman–Crippen MR) is 84.8 cm³/mol. The first-order valence-corrected chi connectivity index (χ1v) is 7.94. The molecular formula is C13H14FN3O2S2. The Kier molecular flexibility index (Phi) is 5.51. The average Bonchev–Trinajstić information content (AvgIpc) is 2.45. The van der Waals surface area contributed by atoms with Gasteiger partial charge in [0.25, 0.3) is 5.88 Å². The molecule has 1 N–H and O–H groups in total. The number of hydrogen-bond acceptors (Lipinski definition) is 7. The molecule has 0 atom stereocenters. The minimum atomic E-state index is -0.373. The molecule has 21 heavy (non-hydrogen) atoms. The first kappa shape index (κ1) is 15.7. The maximum Gasteiger partial charge on any atom is 0.276 e. The maximum atomic E-state index is 13.9. The van der Waals surface area contributed by atoms with Gasteiger partial charge in [0.1, 0.15) is 23.2 Å². The van der Waals surface area contributed by atoms with Crippen molar-refractivity contribution < 1.29 is 13.3 Å². The lowest BCUT2D eigenvalue weighted by Crippen LogP contribution is -2.04. The third kappa shape index (κ3) is 3.92. The lowest BCUT2D eigenvalue weighted by Gasteiger charge is -2.13. The van der Waals surface area contributed by atoms with Gasteiger partial charge in [-0.25, -0.2) is 9.37 Å². The normalized spacial score (nSPS) is 10.3. The van der Waals surface area contributed by atoms with Crippen LogP contribution in [0.25, 0.3) is 0 Å². The van der Waals surface area contributed by atoms with E-state index in [2.05, 4.69) is 26.9 Å². The zero-order valence-corrected chi connectivity index (χ0v) is 13.2. The zero-order chi connectivity index (χ0) is 15.2. The molecule has 2 aromatic rings. The van der Waals surface area contributed by atoms with E-state index in [1.54, 1.807) is 12.1 Å². The Bertz CT molecular complexity index is 628. The summed E-state index contributed by atoms with van der Waals surface area (Å²) in [5, 5.41) is 2.89. The van der Waals surface area contributed by atoms with E-state index in [0.717, 1.165) is 16.6 Å². The Hall–Kier alpha value is -1.67. The van der Waals surface area contributed by atoms with E-state index in [-0.39, 0.29) is 11.7 Å². The lowest BCUT2D eigenvalue weighted by molar-refractivity contribution is 0.328. The zero-order valence-electron chi connectivity index (χ0n) is 11.5. The summed E-state index contributed by atoms with van der Waals surface area (Å²) in [5.74, 6) is 0.484. The Morgan fingerprint density at radius 2 is 2.19 bits per heavy atom. The van der Waals surface area contributed by atoms with Gasteiger partial charge in [0.2, 0.25) is 5.75 Å². The van der Waals surface area contributed by atoms with Crippen LogP contribution in [0.2, 0.25) is 0 Å². The third-order valence-corrected chi connectivity index (χ3v) is 3.01. The minimum absolute atomic E-state index is 0.224. The highest BCUT2D eigenvalue weighted by atomic mass is 33.1. The standard InChI is InChI=1S/C13H14FN3O2S2/c1-3-18-11-12(15-7-16-13(11)19-21-20)17-10-5-4-8(2)6-9(10)14/h4-7,20H,3H2,1-2H3,(H,15,16,17). The fourth-order valence-electron chi connectivity index (χ4n) is 1.66. The Balaban J connectivity index is 2.36. The minimum Gasteiger partial charge on any atom is -0.486 e. The number of rotatable bonds is 6. The molecular weight excluding hydrogens is 313 g/mol. The number of nitrogens with one attached hydrogen (secondary N) is 1. The van der Waals surface area contributed by atoms with Crippen LogP contribution in [0.4, 0.5) is 15.9 Å². The molecule has 0 saturated carbocycles. The quantitative estimate of drug-likeness (QED) is 0.476.